The van der Waals surface area contributed by atoms with Gasteiger partial charge in [-0.05, 0) is 50.4 Å². The van der Waals surface area contributed by atoms with Crippen molar-refractivity contribution < 1.29 is 18.4 Å². The molecule has 10 heteroatoms. The minimum absolute atomic E-state index is 0. The van der Waals surface area contributed by atoms with Crippen LogP contribution in [0.4, 0.5) is 19.4 Å². The summed E-state index contributed by atoms with van der Waals surface area (Å²) in [6.07, 6.45) is 3.02. The minimum atomic E-state index is -1.21. The molecule has 0 spiro atoms. The highest BCUT2D eigenvalue weighted by Crippen LogP contribution is 2.38. The summed E-state index contributed by atoms with van der Waals surface area (Å²) in [7, 11) is 0. The van der Waals surface area contributed by atoms with Crippen LogP contribution in [-0.4, -0.2) is 68.6 Å². The predicted molar refractivity (Wildman–Crippen MR) is 144 cm³/mol. The summed E-state index contributed by atoms with van der Waals surface area (Å²) < 4.78 is 27.8. The van der Waals surface area contributed by atoms with Crippen LogP contribution in [0.5, 0.6) is 0 Å². The smallest absolute Gasteiger partial charge is 0.318 e. The average molecular weight is 537 g/mol. The van der Waals surface area contributed by atoms with E-state index in [9.17, 15) is 18.4 Å². The number of carbonyl (C=O) groups excluding carboxylic acids is 2. The van der Waals surface area contributed by atoms with Gasteiger partial charge in [0.05, 0.1) is 29.9 Å². The summed E-state index contributed by atoms with van der Waals surface area (Å²) in [5.41, 5.74) is 2.20. The quantitative estimate of drug-likeness (QED) is 0.494. The molecule has 3 aromatic rings. The molecule has 6 rings (SSSR count). The Labute approximate surface area is 227 Å². The number of urea groups is 1. The molecule has 0 aliphatic carbocycles. The van der Waals surface area contributed by atoms with E-state index in [4.69, 9.17) is 0 Å². The van der Waals surface area contributed by atoms with E-state index in [2.05, 4.69) is 32.5 Å². The monoisotopic (exact) mass is 536 g/mol. The number of fused-ring (bicyclic) bond motifs is 2. The van der Waals surface area contributed by atoms with Crippen molar-refractivity contribution in [3.63, 3.8) is 0 Å². The molecular weight excluding hydrogens is 502 g/mol. The number of nitrogens with one attached hydrogen (secondary N) is 2. The van der Waals surface area contributed by atoms with Crippen LogP contribution in [0.25, 0.3) is 0 Å². The van der Waals surface area contributed by atoms with Gasteiger partial charge in [-0.2, -0.15) is 5.10 Å². The molecular formula is C29H34F2N6O2. The van der Waals surface area contributed by atoms with Crippen molar-refractivity contribution in [2.45, 2.75) is 58.3 Å². The molecule has 0 radical (unpaired) electrons. The zero-order valence-electron chi connectivity index (χ0n) is 21.2. The first-order chi connectivity index (χ1) is 18.4. The molecule has 0 saturated carbocycles. The maximum atomic E-state index is 14.2. The summed E-state index contributed by atoms with van der Waals surface area (Å²) >= 11 is 0. The van der Waals surface area contributed by atoms with E-state index in [1.54, 1.807) is 4.90 Å². The molecule has 2 fully saturated rings. The molecule has 2 N–H and O–H groups in total. The van der Waals surface area contributed by atoms with Crippen LogP contribution in [0.2, 0.25) is 0 Å². The molecule has 206 valence electrons. The number of benzene rings is 2. The lowest BCUT2D eigenvalue weighted by Crippen LogP contribution is -2.60. The van der Waals surface area contributed by atoms with Gasteiger partial charge in [-0.3, -0.25) is 14.8 Å². The number of piperazine rings is 1. The van der Waals surface area contributed by atoms with Gasteiger partial charge in [0.2, 0.25) is 0 Å². The Kier molecular flexibility index (Phi) is 7.40. The minimum Gasteiger partial charge on any atom is -0.318 e. The Bertz CT molecular complexity index is 1360. The molecule has 3 aliphatic heterocycles. The lowest BCUT2D eigenvalue weighted by atomic mass is 10.00. The molecule has 3 amide bonds. The van der Waals surface area contributed by atoms with Gasteiger partial charge in [0, 0.05) is 24.7 Å². The maximum Gasteiger partial charge on any atom is 0.321 e. The standard InChI is InChI=1S/C28H30F2N6O2.CH4/c1-17-25-22(26(33-32-25)31-27(37)21-10-5-11-23(29)24(21)30)16-35(17)28(38)36-15-19-9-6-12-34(19)14-20(36)13-18-7-3-2-4-8-18;/h2-5,7-8,10-11,17,19-20H,6,9,12-16H2,1H3,(H2,31,32,33,37);1H4/t17?,19-,20-;/m0./s1. The third-order valence-electron chi connectivity index (χ3n) is 8.14. The van der Waals surface area contributed by atoms with Crippen LogP contribution >= 0.6 is 0 Å². The zero-order valence-corrected chi connectivity index (χ0v) is 21.2. The Balaban J connectivity index is 0.00000308. The summed E-state index contributed by atoms with van der Waals surface area (Å²) in [6.45, 7) is 4.80. The Morgan fingerprint density at radius 1 is 1.08 bits per heavy atom. The van der Waals surface area contributed by atoms with Gasteiger partial charge in [0.1, 0.15) is 0 Å². The van der Waals surface area contributed by atoms with E-state index < -0.39 is 23.1 Å². The van der Waals surface area contributed by atoms with Crippen LogP contribution in [0.15, 0.2) is 48.5 Å². The van der Waals surface area contributed by atoms with Crippen LogP contribution in [0.1, 0.15) is 60.4 Å². The first-order valence-corrected chi connectivity index (χ1v) is 13.1. The number of hydrogen-bond donors (Lipinski definition) is 2. The second-order valence-electron chi connectivity index (χ2n) is 10.4. The second kappa shape index (κ2) is 10.8. The Morgan fingerprint density at radius 3 is 2.67 bits per heavy atom. The van der Waals surface area contributed by atoms with Gasteiger partial charge in [0.25, 0.3) is 5.91 Å². The highest BCUT2D eigenvalue weighted by atomic mass is 19.2. The van der Waals surface area contributed by atoms with Crippen molar-refractivity contribution in [2.24, 2.45) is 0 Å². The number of halogens is 2. The van der Waals surface area contributed by atoms with Gasteiger partial charge in [0.15, 0.2) is 17.5 Å². The lowest BCUT2D eigenvalue weighted by molar-refractivity contribution is 0.0517. The van der Waals surface area contributed by atoms with Gasteiger partial charge in [-0.1, -0.05) is 43.8 Å². The number of anilines is 1. The highest BCUT2D eigenvalue weighted by molar-refractivity contribution is 6.04. The highest BCUT2D eigenvalue weighted by Gasteiger charge is 2.43. The number of aromatic amines is 1. The summed E-state index contributed by atoms with van der Waals surface area (Å²) in [6, 6.07) is 13.8. The van der Waals surface area contributed by atoms with Crippen molar-refractivity contribution >= 4 is 17.8 Å². The molecule has 1 aromatic heterocycles. The zero-order chi connectivity index (χ0) is 26.4. The maximum absolute atomic E-state index is 14.2. The van der Waals surface area contributed by atoms with Gasteiger partial charge < -0.3 is 15.1 Å². The van der Waals surface area contributed by atoms with Gasteiger partial charge in [-0.15, -0.1) is 0 Å². The molecule has 39 heavy (non-hydrogen) atoms. The fraction of sp³-hybridized carbons (Fsp3) is 0.414. The summed E-state index contributed by atoms with van der Waals surface area (Å²) in [4.78, 5) is 33.0. The molecule has 2 saturated heterocycles. The topological polar surface area (TPSA) is 84.6 Å². The molecule has 3 aliphatic rings. The van der Waals surface area contributed by atoms with E-state index in [-0.39, 0.29) is 37.9 Å². The van der Waals surface area contributed by atoms with Crippen LogP contribution in [-0.2, 0) is 13.0 Å². The first kappa shape index (κ1) is 26.8. The van der Waals surface area contributed by atoms with Crippen molar-refractivity contribution in [3.8, 4) is 0 Å². The van der Waals surface area contributed by atoms with Crippen molar-refractivity contribution in [1.29, 1.82) is 0 Å². The number of H-pyrrole nitrogens is 1. The van der Waals surface area contributed by atoms with Crippen LogP contribution in [0.3, 0.4) is 0 Å². The predicted octanol–water partition coefficient (Wildman–Crippen LogP) is 4.96. The van der Waals surface area contributed by atoms with Gasteiger partial charge in [-0.25, -0.2) is 13.6 Å². The molecule has 2 aromatic carbocycles. The number of hydrogen-bond acceptors (Lipinski definition) is 4. The van der Waals surface area contributed by atoms with Crippen LogP contribution in [0, 0.1) is 11.6 Å². The SMILES string of the molecule is C.CC1c2[nH]nc(NC(=O)c3cccc(F)c3F)c2CN1C(=O)N1C[C@@H]2CCCN2C[C@@H]1Cc1ccccc1. The van der Waals surface area contributed by atoms with E-state index in [0.29, 0.717) is 18.2 Å². The third-order valence-corrected chi connectivity index (χ3v) is 8.14. The van der Waals surface area contributed by atoms with E-state index in [0.717, 1.165) is 44.1 Å². The number of rotatable bonds is 4. The number of carbonyl (C=O) groups is 2. The van der Waals surface area contributed by atoms with E-state index >= 15 is 0 Å². The summed E-state index contributed by atoms with van der Waals surface area (Å²) in [5, 5.41) is 9.73. The normalized spacial score (nSPS) is 22.3. The number of amides is 3. The molecule has 8 nitrogen and oxygen atoms in total. The first-order valence-electron chi connectivity index (χ1n) is 13.1. The molecule has 4 heterocycles. The molecule has 1 unspecified atom stereocenters. The van der Waals surface area contributed by atoms with Crippen molar-refractivity contribution in [3.05, 3.63) is 82.5 Å². The Hall–Kier alpha value is -3.79. The molecule has 0 bridgehead atoms. The van der Waals surface area contributed by atoms with Crippen molar-refractivity contribution in [1.82, 2.24) is 24.9 Å². The van der Waals surface area contributed by atoms with E-state index in [1.807, 2.05) is 30.0 Å². The van der Waals surface area contributed by atoms with E-state index in [1.165, 1.54) is 17.7 Å². The number of aromatic nitrogens is 2. The van der Waals surface area contributed by atoms with Crippen LogP contribution < -0.4 is 5.32 Å². The summed E-state index contributed by atoms with van der Waals surface area (Å²) in [5.74, 6) is -2.88. The lowest BCUT2D eigenvalue weighted by Gasteiger charge is -2.45. The number of nitrogens with zero attached hydrogens (tertiary/aromatic N) is 4. The van der Waals surface area contributed by atoms with Crippen molar-refractivity contribution in [2.75, 3.05) is 25.0 Å². The largest absolute Gasteiger partial charge is 0.321 e. The average Bonchev–Trinajstić information content (AvgIpc) is 3.62. The second-order valence-corrected chi connectivity index (χ2v) is 10.4. The Morgan fingerprint density at radius 2 is 1.87 bits per heavy atom. The van der Waals surface area contributed by atoms with Gasteiger partial charge >= 0.3 is 6.03 Å². The fourth-order valence-electron chi connectivity index (χ4n) is 6.09. The fourth-order valence-corrected chi connectivity index (χ4v) is 6.09. The molecule has 3 atom stereocenters. The third kappa shape index (κ3) is 4.89.